The molecule has 0 aliphatic heterocycles. The summed E-state index contributed by atoms with van der Waals surface area (Å²) in [5, 5.41) is 26.3. The number of aromatic nitrogens is 4. The Balaban J connectivity index is 1.84. The summed E-state index contributed by atoms with van der Waals surface area (Å²) >= 11 is 0. The van der Waals surface area contributed by atoms with Gasteiger partial charge in [0.2, 0.25) is 5.95 Å². The molecule has 148 valence electrons. The number of anilines is 2. The molecule has 0 radical (unpaired) electrons. The third kappa shape index (κ3) is 4.87. The van der Waals surface area contributed by atoms with Crippen LogP contribution in [0, 0.1) is 6.92 Å². The number of rotatable bonds is 7. The van der Waals surface area contributed by atoms with Gasteiger partial charge in [-0.1, -0.05) is 6.07 Å². The predicted molar refractivity (Wildman–Crippen MR) is 100 cm³/mol. The first-order chi connectivity index (χ1) is 13.3. The summed E-state index contributed by atoms with van der Waals surface area (Å²) in [4.78, 5) is 7.79. The van der Waals surface area contributed by atoms with Gasteiger partial charge in [0.15, 0.2) is 0 Å². The molecule has 0 aliphatic rings. The van der Waals surface area contributed by atoms with Crippen LogP contribution in [0.3, 0.4) is 0 Å². The van der Waals surface area contributed by atoms with Crippen LogP contribution in [0.5, 0.6) is 0 Å². The van der Waals surface area contributed by atoms with Crippen molar-refractivity contribution in [2.24, 2.45) is 0 Å². The first-order valence-corrected chi connectivity index (χ1v) is 8.62. The summed E-state index contributed by atoms with van der Waals surface area (Å²) in [6, 6.07) is 6.81. The van der Waals surface area contributed by atoms with Crippen LogP contribution in [0.4, 0.5) is 20.4 Å². The Morgan fingerprint density at radius 1 is 1.25 bits per heavy atom. The fourth-order valence-corrected chi connectivity index (χ4v) is 2.70. The van der Waals surface area contributed by atoms with Gasteiger partial charge in [0, 0.05) is 23.6 Å². The molecule has 0 spiro atoms. The lowest BCUT2D eigenvalue weighted by molar-refractivity contribution is -0.0145. The van der Waals surface area contributed by atoms with E-state index in [9.17, 15) is 19.0 Å². The summed E-state index contributed by atoms with van der Waals surface area (Å²) in [5.74, 6) is 0.0871. The number of aliphatic hydroxyl groups is 2. The Morgan fingerprint density at radius 2 is 2.04 bits per heavy atom. The lowest BCUT2D eigenvalue weighted by Gasteiger charge is -2.19. The van der Waals surface area contributed by atoms with Crippen molar-refractivity contribution in [3.63, 3.8) is 0 Å². The van der Waals surface area contributed by atoms with E-state index in [0.717, 1.165) is 16.7 Å². The lowest BCUT2D eigenvalue weighted by atomic mass is 10.1. The van der Waals surface area contributed by atoms with Crippen LogP contribution < -0.4 is 5.32 Å². The number of benzene rings is 1. The maximum atomic E-state index is 12.8. The van der Waals surface area contributed by atoms with E-state index in [0.29, 0.717) is 5.69 Å². The van der Waals surface area contributed by atoms with Gasteiger partial charge in [-0.2, -0.15) is 5.10 Å². The van der Waals surface area contributed by atoms with Gasteiger partial charge in [0.1, 0.15) is 11.3 Å². The van der Waals surface area contributed by atoms with Crippen molar-refractivity contribution in [2.45, 2.75) is 32.4 Å². The molecule has 28 heavy (non-hydrogen) atoms. The zero-order valence-electron chi connectivity index (χ0n) is 15.5. The molecule has 0 unspecified atom stereocenters. The summed E-state index contributed by atoms with van der Waals surface area (Å²) in [5.41, 5.74) is 1.64. The highest BCUT2D eigenvalue weighted by Crippen LogP contribution is 2.26. The molecule has 2 heterocycles. The van der Waals surface area contributed by atoms with Crippen LogP contribution in [-0.2, 0) is 6.54 Å². The molecule has 0 amide bonds. The van der Waals surface area contributed by atoms with Crippen molar-refractivity contribution in [1.82, 2.24) is 19.7 Å². The van der Waals surface area contributed by atoms with Crippen LogP contribution in [0.1, 0.15) is 24.6 Å². The fourth-order valence-electron chi connectivity index (χ4n) is 2.70. The van der Waals surface area contributed by atoms with E-state index < -0.39 is 12.0 Å². The SMILES string of the molecule is Cc1cc(Nc2nccc(C(F)F)n2)cc(-c2cnn(C[C@](C)(O)CO)c2)c1. The smallest absolute Gasteiger partial charge is 0.280 e. The predicted octanol–water partition coefficient (Wildman–Crippen LogP) is 3.07. The van der Waals surface area contributed by atoms with Crippen molar-refractivity contribution in [1.29, 1.82) is 0 Å². The number of halogens is 2. The van der Waals surface area contributed by atoms with Gasteiger partial charge in [-0.3, -0.25) is 4.68 Å². The van der Waals surface area contributed by atoms with Crippen LogP contribution in [0.15, 0.2) is 42.9 Å². The normalized spacial score (nSPS) is 13.5. The molecule has 9 heteroatoms. The fraction of sp³-hybridized carbons (Fsp3) is 0.316. The van der Waals surface area contributed by atoms with Crippen molar-refractivity contribution < 1.29 is 19.0 Å². The summed E-state index contributed by atoms with van der Waals surface area (Å²) in [6.45, 7) is 3.20. The minimum absolute atomic E-state index is 0.0871. The Labute approximate surface area is 160 Å². The van der Waals surface area contributed by atoms with E-state index in [4.69, 9.17) is 0 Å². The van der Waals surface area contributed by atoms with E-state index >= 15 is 0 Å². The number of aryl methyl sites for hydroxylation is 1. The monoisotopic (exact) mass is 389 g/mol. The molecule has 1 aromatic carbocycles. The largest absolute Gasteiger partial charge is 0.393 e. The minimum Gasteiger partial charge on any atom is -0.393 e. The van der Waals surface area contributed by atoms with E-state index in [2.05, 4.69) is 20.4 Å². The first kappa shape index (κ1) is 19.8. The van der Waals surface area contributed by atoms with Gasteiger partial charge in [-0.05, 0) is 43.2 Å². The van der Waals surface area contributed by atoms with Gasteiger partial charge in [-0.25, -0.2) is 18.7 Å². The number of hydrogen-bond acceptors (Lipinski definition) is 6. The lowest BCUT2D eigenvalue weighted by Crippen LogP contribution is -2.34. The molecule has 0 bridgehead atoms. The van der Waals surface area contributed by atoms with Gasteiger partial charge in [0.25, 0.3) is 6.43 Å². The molecule has 7 nitrogen and oxygen atoms in total. The maximum absolute atomic E-state index is 12.8. The molecule has 0 aliphatic carbocycles. The topological polar surface area (TPSA) is 96.1 Å². The van der Waals surface area contributed by atoms with E-state index in [1.807, 2.05) is 25.1 Å². The Morgan fingerprint density at radius 3 is 2.75 bits per heavy atom. The standard InChI is InChI=1S/C19H21F2N5O2/c1-12-5-13(14-8-23-26(9-14)10-19(2,28)11-27)7-15(6-12)24-18-22-4-3-16(25-18)17(20)21/h3-9,17,27-28H,10-11H2,1-2H3,(H,22,24,25)/t19-/m0/s1. The van der Waals surface area contributed by atoms with E-state index in [-0.39, 0.29) is 24.8 Å². The Bertz CT molecular complexity index is 959. The molecular weight excluding hydrogens is 368 g/mol. The van der Waals surface area contributed by atoms with Gasteiger partial charge >= 0.3 is 0 Å². The van der Waals surface area contributed by atoms with Gasteiger partial charge in [-0.15, -0.1) is 0 Å². The summed E-state index contributed by atoms with van der Waals surface area (Å²) in [6.07, 6.45) is 2.03. The number of nitrogens with zero attached hydrogens (tertiary/aromatic N) is 4. The molecule has 2 aromatic heterocycles. The van der Waals surface area contributed by atoms with E-state index in [1.165, 1.54) is 19.2 Å². The van der Waals surface area contributed by atoms with Crippen LogP contribution in [-0.4, -0.2) is 42.2 Å². The molecule has 3 N–H and O–H groups in total. The average Bonchev–Trinajstić information content (AvgIpc) is 3.09. The highest BCUT2D eigenvalue weighted by atomic mass is 19.3. The van der Waals surface area contributed by atoms with Gasteiger partial charge in [0.05, 0.1) is 19.3 Å². The molecule has 0 saturated heterocycles. The van der Waals surface area contributed by atoms with E-state index in [1.54, 1.807) is 17.1 Å². The number of hydrogen-bond donors (Lipinski definition) is 3. The Kier molecular flexibility index (Phi) is 5.66. The quantitative estimate of drug-likeness (QED) is 0.575. The number of alkyl halides is 2. The highest BCUT2D eigenvalue weighted by molar-refractivity contribution is 5.70. The number of nitrogens with one attached hydrogen (secondary N) is 1. The molecule has 3 aromatic rings. The number of aliphatic hydroxyl groups excluding tert-OH is 1. The second-order valence-electron chi connectivity index (χ2n) is 6.90. The first-order valence-electron chi connectivity index (χ1n) is 8.62. The average molecular weight is 389 g/mol. The van der Waals surface area contributed by atoms with Gasteiger partial charge < -0.3 is 15.5 Å². The molecular formula is C19H21F2N5O2. The van der Waals surface area contributed by atoms with Crippen molar-refractivity contribution in [3.8, 4) is 11.1 Å². The van der Waals surface area contributed by atoms with Crippen molar-refractivity contribution in [2.75, 3.05) is 11.9 Å². The highest BCUT2D eigenvalue weighted by Gasteiger charge is 2.20. The van der Waals surface area contributed by atoms with Crippen LogP contribution in [0.2, 0.25) is 0 Å². The third-order valence-electron chi connectivity index (χ3n) is 4.04. The molecule has 0 fully saturated rings. The molecule has 1 atom stereocenters. The van der Waals surface area contributed by atoms with Crippen molar-refractivity contribution >= 4 is 11.6 Å². The van der Waals surface area contributed by atoms with Crippen molar-refractivity contribution in [3.05, 3.63) is 54.1 Å². The summed E-state index contributed by atoms with van der Waals surface area (Å²) in [7, 11) is 0. The second kappa shape index (κ2) is 7.99. The van der Waals surface area contributed by atoms with Crippen LogP contribution >= 0.6 is 0 Å². The Hall–Kier alpha value is -2.91. The molecule has 0 saturated carbocycles. The van der Waals surface area contributed by atoms with Crippen LogP contribution in [0.25, 0.3) is 11.1 Å². The molecule has 3 rings (SSSR count). The zero-order valence-corrected chi connectivity index (χ0v) is 15.5. The maximum Gasteiger partial charge on any atom is 0.280 e. The second-order valence-corrected chi connectivity index (χ2v) is 6.90. The zero-order chi connectivity index (χ0) is 20.3. The minimum atomic E-state index is -2.67. The summed E-state index contributed by atoms with van der Waals surface area (Å²) < 4.78 is 27.2. The third-order valence-corrected chi connectivity index (χ3v) is 4.04.